The lowest BCUT2D eigenvalue weighted by Gasteiger charge is -2.08. The third kappa shape index (κ3) is 3.83. The van der Waals surface area contributed by atoms with Gasteiger partial charge < -0.3 is 5.32 Å². The van der Waals surface area contributed by atoms with Gasteiger partial charge >= 0.3 is 0 Å². The zero-order valence-corrected chi connectivity index (χ0v) is 16.6. The Hall–Kier alpha value is -2.52. The first-order valence-corrected chi connectivity index (χ1v) is 9.01. The van der Waals surface area contributed by atoms with Crippen LogP contribution in [-0.2, 0) is 0 Å². The van der Waals surface area contributed by atoms with Gasteiger partial charge in [0.1, 0.15) is 5.69 Å². The number of aryl methyl sites for hydroxylation is 1. The number of hydrogen-bond donors (Lipinski definition) is 2. The Kier molecular flexibility index (Phi) is 5.19. The molecule has 7 nitrogen and oxygen atoms in total. The third-order valence-corrected chi connectivity index (χ3v) is 4.90. The van der Waals surface area contributed by atoms with Gasteiger partial charge in [-0.25, -0.2) is 0 Å². The SMILES string of the molecule is Cc1ccc(-c2cc(C(=O)Nc3c(Br)cc([N+](=O)[O-])cc3Br)[nH]n2)cc1. The van der Waals surface area contributed by atoms with Crippen molar-refractivity contribution in [2.75, 3.05) is 5.32 Å². The molecule has 1 aromatic heterocycles. The molecular weight excluding hydrogens is 468 g/mol. The minimum atomic E-state index is -0.510. The number of nitrogens with one attached hydrogen (secondary N) is 2. The number of aromatic amines is 1. The van der Waals surface area contributed by atoms with Crippen LogP contribution >= 0.6 is 31.9 Å². The van der Waals surface area contributed by atoms with E-state index < -0.39 is 10.8 Å². The fourth-order valence-electron chi connectivity index (χ4n) is 2.28. The van der Waals surface area contributed by atoms with Gasteiger partial charge in [-0.05, 0) is 44.8 Å². The highest BCUT2D eigenvalue weighted by atomic mass is 79.9. The van der Waals surface area contributed by atoms with Crippen LogP contribution in [-0.4, -0.2) is 21.0 Å². The fraction of sp³-hybridized carbons (Fsp3) is 0.0588. The molecule has 3 rings (SSSR count). The number of nitrogens with zero attached hydrogens (tertiary/aromatic N) is 2. The molecular formula is C17H12Br2N4O3. The van der Waals surface area contributed by atoms with Crippen LogP contribution in [0.1, 0.15) is 16.1 Å². The topological polar surface area (TPSA) is 101 Å². The summed E-state index contributed by atoms with van der Waals surface area (Å²) in [5.74, 6) is -0.411. The van der Waals surface area contributed by atoms with Crippen molar-refractivity contribution < 1.29 is 9.72 Å². The molecule has 1 amide bonds. The quantitative estimate of drug-likeness (QED) is 0.402. The average molecular weight is 480 g/mol. The summed E-state index contributed by atoms with van der Waals surface area (Å²) in [6.45, 7) is 1.99. The van der Waals surface area contributed by atoms with Crippen molar-refractivity contribution >= 4 is 49.1 Å². The standard InChI is InChI=1S/C17H12Br2N4O3/c1-9-2-4-10(5-3-9)14-8-15(22-21-14)17(24)20-16-12(18)6-11(23(25)26)7-13(16)19/h2-8H,1H3,(H,20,24)(H,21,22). The Morgan fingerprint density at radius 1 is 1.15 bits per heavy atom. The Labute approximate surface area is 165 Å². The van der Waals surface area contributed by atoms with E-state index in [1.807, 2.05) is 31.2 Å². The van der Waals surface area contributed by atoms with Gasteiger partial charge in [-0.3, -0.25) is 20.0 Å². The maximum Gasteiger partial charge on any atom is 0.273 e. The second-order valence-electron chi connectivity index (χ2n) is 5.53. The van der Waals surface area contributed by atoms with Crippen molar-refractivity contribution in [2.24, 2.45) is 0 Å². The number of rotatable bonds is 4. The van der Waals surface area contributed by atoms with Crippen molar-refractivity contribution in [1.29, 1.82) is 0 Å². The molecule has 2 aromatic carbocycles. The number of halogens is 2. The number of hydrogen-bond acceptors (Lipinski definition) is 4. The van der Waals surface area contributed by atoms with E-state index in [0.29, 0.717) is 20.3 Å². The average Bonchev–Trinajstić information content (AvgIpc) is 3.08. The largest absolute Gasteiger partial charge is 0.319 e. The minimum Gasteiger partial charge on any atom is -0.319 e. The van der Waals surface area contributed by atoms with E-state index in [2.05, 4.69) is 47.4 Å². The normalized spacial score (nSPS) is 10.6. The van der Waals surface area contributed by atoms with Gasteiger partial charge in [0.05, 0.1) is 16.3 Å². The molecule has 0 bridgehead atoms. The number of anilines is 1. The molecule has 0 saturated heterocycles. The molecule has 0 aliphatic carbocycles. The fourth-order valence-corrected chi connectivity index (χ4v) is 3.64. The maximum absolute atomic E-state index is 12.5. The Balaban J connectivity index is 1.83. The molecule has 3 aromatic rings. The van der Waals surface area contributed by atoms with Crippen molar-refractivity contribution in [2.45, 2.75) is 6.92 Å². The summed E-state index contributed by atoms with van der Waals surface area (Å²) >= 11 is 6.48. The number of H-pyrrole nitrogens is 1. The number of amides is 1. The van der Waals surface area contributed by atoms with E-state index in [-0.39, 0.29) is 11.4 Å². The molecule has 132 valence electrons. The molecule has 0 aliphatic rings. The molecule has 1 heterocycles. The van der Waals surface area contributed by atoms with Crippen LogP contribution in [0.2, 0.25) is 0 Å². The summed E-state index contributed by atoms with van der Waals surface area (Å²) in [5, 5.41) is 20.5. The zero-order chi connectivity index (χ0) is 18.8. The summed E-state index contributed by atoms with van der Waals surface area (Å²) in [5.41, 5.74) is 3.26. The van der Waals surface area contributed by atoms with Gasteiger partial charge in [-0.1, -0.05) is 29.8 Å². The second-order valence-corrected chi connectivity index (χ2v) is 7.24. The van der Waals surface area contributed by atoms with E-state index in [9.17, 15) is 14.9 Å². The lowest BCUT2D eigenvalue weighted by atomic mass is 10.1. The van der Waals surface area contributed by atoms with E-state index in [0.717, 1.165) is 11.1 Å². The highest BCUT2D eigenvalue weighted by molar-refractivity contribution is 9.11. The zero-order valence-electron chi connectivity index (χ0n) is 13.4. The minimum absolute atomic E-state index is 0.0926. The lowest BCUT2D eigenvalue weighted by Crippen LogP contribution is -2.13. The summed E-state index contributed by atoms with van der Waals surface area (Å²) in [4.78, 5) is 22.9. The summed E-state index contributed by atoms with van der Waals surface area (Å²) < 4.78 is 0.787. The second kappa shape index (κ2) is 7.38. The number of non-ortho nitro benzene ring substituents is 1. The third-order valence-electron chi connectivity index (χ3n) is 3.65. The lowest BCUT2D eigenvalue weighted by molar-refractivity contribution is -0.385. The number of benzene rings is 2. The number of aromatic nitrogens is 2. The number of carbonyl (C=O) groups excluding carboxylic acids is 1. The van der Waals surface area contributed by atoms with Crippen molar-refractivity contribution in [3.63, 3.8) is 0 Å². The Morgan fingerprint density at radius 3 is 2.35 bits per heavy atom. The molecule has 0 fully saturated rings. The molecule has 26 heavy (non-hydrogen) atoms. The number of nitro benzene ring substituents is 1. The van der Waals surface area contributed by atoms with Gasteiger partial charge in [0.2, 0.25) is 0 Å². The predicted molar refractivity (Wildman–Crippen MR) is 105 cm³/mol. The van der Waals surface area contributed by atoms with Crippen LogP contribution in [0.25, 0.3) is 11.3 Å². The highest BCUT2D eigenvalue weighted by Crippen LogP contribution is 2.35. The van der Waals surface area contributed by atoms with E-state index in [1.165, 1.54) is 12.1 Å². The van der Waals surface area contributed by atoms with Crippen LogP contribution in [0, 0.1) is 17.0 Å². The summed E-state index contributed by atoms with van der Waals surface area (Å²) in [6.07, 6.45) is 0. The Bertz CT molecular complexity index is 976. The molecule has 0 saturated carbocycles. The molecule has 0 spiro atoms. The molecule has 0 radical (unpaired) electrons. The number of carbonyl (C=O) groups is 1. The van der Waals surface area contributed by atoms with Crippen LogP contribution in [0.4, 0.5) is 11.4 Å². The predicted octanol–water partition coefficient (Wildman–Crippen LogP) is 5.07. The van der Waals surface area contributed by atoms with Gasteiger partial charge in [-0.2, -0.15) is 5.10 Å². The maximum atomic E-state index is 12.5. The van der Waals surface area contributed by atoms with Crippen LogP contribution < -0.4 is 5.32 Å². The van der Waals surface area contributed by atoms with Crippen molar-refractivity contribution in [3.8, 4) is 11.3 Å². The molecule has 0 unspecified atom stereocenters. The molecule has 0 atom stereocenters. The van der Waals surface area contributed by atoms with Crippen molar-refractivity contribution in [3.05, 3.63) is 72.8 Å². The van der Waals surface area contributed by atoms with E-state index in [1.54, 1.807) is 6.07 Å². The van der Waals surface area contributed by atoms with Gasteiger partial charge in [0.25, 0.3) is 11.6 Å². The smallest absolute Gasteiger partial charge is 0.273 e. The van der Waals surface area contributed by atoms with Gasteiger partial charge in [0.15, 0.2) is 0 Å². The van der Waals surface area contributed by atoms with Gasteiger partial charge in [0, 0.05) is 26.6 Å². The number of nitro groups is 1. The van der Waals surface area contributed by atoms with Gasteiger partial charge in [-0.15, -0.1) is 0 Å². The first-order chi connectivity index (χ1) is 12.3. The van der Waals surface area contributed by atoms with Crippen LogP contribution in [0.5, 0.6) is 0 Å². The molecule has 9 heteroatoms. The van der Waals surface area contributed by atoms with Crippen LogP contribution in [0.3, 0.4) is 0 Å². The first kappa shape index (κ1) is 18.3. The van der Waals surface area contributed by atoms with E-state index >= 15 is 0 Å². The highest BCUT2D eigenvalue weighted by Gasteiger charge is 2.18. The van der Waals surface area contributed by atoms with E-state index in [4.69, 9.17) is 0 Å². The first-order valence-electron chi connectivity index (χ1n) is 7.42. The Morgan fingerprint density at radius 2 is 1.77 bits per heavy atom. The van der Waals surface area contributed by atoms with Crippen molar-refractivity contribution in [1.82, 2.24) is 10.2 Å². The summed E-state index contributed by atoms with van der Waals surface area (Å²) in [7, 11) is 0. The molecule has 2 N–H and O–H groups in total. The monoisotopic (exact) mass is 478 g/mol. The molecule has 0 aliphatic heterocycles. The van der Waals surface area contributed by atoms with Crippen LogP contribution in [0.15, 0.2) is 51.4 Å². The summed E-state index contributed by atoms with van der Waals surface area (Å²) in [6, 6.07) is 12.1.